The third kappa shape index (κ3) is 4.45. The summed E-state index contributed by atoms with van der Waals surface area (Å²) in [6, 6.07) is 17.3. The van der Waals surface area contributed by atoms with Gasteiger partial charge >= 0.3 is 6.09 Å². The molecule has 3 rings (SSSR count). The first-order valence-corrected chi connectivity index (χ1v) is 9.02. The van der Waals surface area contributed by atoms with Gasteiger partial charge in [-0.05, 0) is 55.2 Å². The summed E-state index contributed by atoms with van der Waals surface area (Å²) >= 11 is 0. The topological polar surface area (TPSA) is 38.8 Å². The highest BCUT2D eigenvalue weighted by Gasteiger charge is 2.25. The Hall–Kier alpha value is -2.75. The molecule has 1 heterocycles. The van der Waals surface area contributed by atoms with E-state index in [2.05, 4.69) is 25.1 Å². The Morgan fingerprint density at radius 2 is 1.81 bits per heavy atom. The average Bonchev–Trinajstić information content (AvgIpc) is 2.62. The number of nitrogens with zero attached hydrogens (tertiary/aromatic N) is 1. The summed E-state index contributed by atoms with van der Waals surface area (Å²) in [4.78, 5) is 14.1. The van der Waals surface area contributed by atoms with Crippen molar-refractivity contribution in [3.63, 3.8) is 0 Å². The fourth-order valence-corrected chi connectivity index (χ4v) is 3.14. The highest BCUT2D eigenvalue weighted by molar-refractivity contribution is 5.75. The molecule has 0 bridgehead atoms. The first-order valence-electron chi connectivity index (χ1n) is 9.02. The number of amides is 1. The van der Waals surface area contributed by atoms with Gasteiger partial charge in [0.1, 0.15) is 11.5 Å². The molecule has 2 aromatic rings. The predicted octanol–water partition coefficient (Wildman–Crippen LogP) is 5.01. The van der Waals surface area contributed by atoms with Crippen molar-refractivity contribution >= 4 is 11.7 Å². The van der Waals surface area contributed by atoms with Crippen LogP contribution in [0.2, 0.25) is 0 Å². The van der Waals surface area contributed by atoms with Gasteiger partial charge in [-0.2, -0.15) is 0 Å². The molecule has 0 aliphatic carbocycles. The van der Waals surface area contributed by atoms with Crippen LogP contribution in [-0.2, 0) is 0 Å². The SMILES string of the molecule is CC(C)Oc1cccc(C2=CCN(C(=O)Oc3ccccc3)CC2C)c1. The monoisotopic (exact) mass is 351 g/mol. The van der Waals surface area contributed by atoms with E-state index in [0.29, 0.717) is 18.8 Å². The lowest BCUT2D eigenvalue weighted by atomic mass is 9.90. The molecular formula is C22H25NO3. The van der Waals surface area contributed by atoms with Gasteiger partial charge in [0.25, 0.3) is 0 Å². The maximum absolute atomic E-state index is 12.4. The van der Waals surface area contributed by atoms with Crippen molar-refractivity contribution < 1.29 is 14.3 Å². The summed E-state index contributed by atoms with van der Waals surface area (Å²) in [6.07, 6.45) is 1.94. The summed E-state index contributed by atoms with van der Waals surface area (Å²) in [5, 5.41) is 0. The van der Waals surface area contributed by atoms with E-state index in [1.54, 1.807) is 17.0 Å². The normalized spacial score (nSPS) is 17.0. The standard InChI is InChI=1S/C22H25NO3/c1-16(2)25-20-11-7-8-18(14-20)21-12-13-23(15-17(21)3)22(24)26-19-9-5-4-6-10-19/h4-12,14,16-17H,13,15H2,1-3H3. The molecule has 0 spiro atoms. The Morgan fingerprint density at radius 1 is 1.08 bits per heavy atom. The summed E-state index contributed by atoms with van der Waals surface area (Å²) in [5.74, 6) is 1.66. The molecule has 1 atom stereocenters. The number of ether oxygens (including phenoxy) is 2. The second kappa shape index (κ2) is 8.09. The molecule has 0 N–H and O–H groups in total. The van der Waals surface area contributed by atoms with Gasteiger partial charge in [0, 0.05) is 13.1 Å². The molecule has 0 radical (unpaired) electrons. The predicted molar refractivity (Wildman–Crippen MR) is 103 cm³/mol. The molecule has 136 valence electrons. The summed E-state index contributed by atoms with van der Waals surface area (Å²) in [6.45, 7) is 7.34. The number of rotatable bonds is 4. The fourth-order valence-electron chi connectivity index (χ4n) is 3.14. The van der Waals surface area contributed by atoms with Crippen LogP contribution in [0.15, 0.2) is 60.7 Å². The number of para-hydroxylation sites is 1. The quantitative estimate of drug-likeness (QED) is 0.777. The Bertz CT molecular complexity index is 783. The van der Waals surface area contributed by atoms with Crippen LogP contribution in [0.25, 0.3) is 5.57 Å². The molecule has 4 heteroatoms. The van der Waals surface area contributed by atoms with Gasteiger partial charge in [-0.25, -0.2) is 4.79 Å². The summed E-state index contributed by atoms with van der Waals surface area (Å²) < 4.78 is 11.2. The fraction of sp³-hybridized carbons (Fsp3) is 0.318. The minimum Gasteiger partial charge on any atom is -0.491 e. The first-order chi connectivity index (χ1) is 12.5. The molecule has 0 saturated carbocycles. The van der Waals surface area contributed by atoms with Gasteiger partial charge in [-0.1, -0.05) is 43.3 Å². The number of hydrogen-bond acceptors (Lipinski definition) is 3. The van der Waals surface area contributed by atoms with Crippen LogP contribution in [0.1, 0.15) is 26.3 Å². The van der Waals surface area contributed by atoms with Crippen LogP contribution in [0, 0.1) is 5.92 Å². The van der Waals surface area contributed by atoms with E-state index in [1.165, 1.54) is 5.57 Å². The van der Waals surface area contributed by atoms with Crippen molar-refractivity contribution in [1.82, 2.24) is 4.90 Å². The van der Waals surface area contributed by atoms with Gasteiger partial charge < -0.3 is 14.4 Å². The zero-order valence-corrected chi connectivity index (χ0v) is 15.5. The Morgan fingerprint density at radius 3 is 2.50 bits per heavy atom. The van der Waals surface area contributed by atoms with E-state index in [0.717, 1.165) is 11.3 Å². The van der Waals surface area contributed by atoms with Gasteiger partial charge in [-0.3, -0.25) is 0 Å². The highest BCUT2D eigenvalue weighted by atomic mass is 16.6. The first kappa shape index (κ1) is 18.1. The Labute approximate surface area is 155 Å². The van der Waals surface area contributed by atoms with Crippen LogP contribution in [0.5, 0.6) is 11.5 Å². The third-order valence-corrected chi connectivity index (χ3v) is 4.30. The number of carbonyl (C=O) groups is 1. The molecule has 1 unspecified atom stereocenters. The summed E-state index contributed by atoms with van der Waals surface area (Å²) in [7, 11) is 0. The molecular weight excluding hydrogens is 326 g/mol. The number of carbonyl (C=O) groups excluding carboxylic acids is 1. The van der Waals surface area contributed by atoms with Crippen LogP contribution in [0.4, 0.5) is 4.79 Å². The zero-order chi connectivity index (χ0) is 18.5. The highest BCUT2D eigenvalue weighted by Crippen LogP contribution is 2.30. The van der Waals surface area contributed by atoms with E-state index in [-0.39, 0.29) is 18.1 Å². The van der Waals surface area contributed by atoms with Crippen molar-refractivity contribution in [1.29, 1.82) is 0 Å². The van der Waals surface area contributed by atoms with Gasteiger partial charge in [0.2, 0.25) is 0 Å². The minimum absolute atomic E-state index is 0.145. The van der Waals surface area contributed by atoms with Crippen molar-refractivity contribution in [3.05, 3.63) is 66.2 Å². The molecule has 1 amide bonds. The Balaban J connectivity index is 1.70. The van der Waals surface area contributed by atoms with Crippen molar-refractivity contribution in [2.75, 3.05) is 13.1 Å². The van der Waals surface area contributed by atoms with Crippen molar-refractivity contribution in [2.45, 2.75) is 26.9 Å². The molecule has 1 aliphatic heterocycles. The minimum atomic E-state index is -0.310. The van der Waals surface area contributed by atoms with Gasteiger partial charge in [0.05, 0.1) is 6.10 Å². The van der Waals surface area contributed by atoms with Crippen LogP contribution in [-0.4, -0.2) is 30.2 Å². The molecule has 0 fully saturated rings. The van der Waals surface area contributed by atoms with Gasteiger partial charge in [0.15, 0.2) is 0 Å². The summed E-state index contributed by atoms with van der Waals surface area (Å²) in [5.41, 5.74) is 2.38. The van der Waals surface area contributed by atoms with Crippen LogP contribution in [0.3, 0.4) is 0 Å². The molecule has 0 saturated heterocycles. The lowest BCUT2D eigenvalue weighted by Crippen LogP contribution is -2.39. The smallest absolute Gasteiger partial charge is 0.415 e. The maximum Gasteiger partial charge on any atom is 0.415 e. The Kier molecular flexibility index (Phi) is 5.61. The molecule has 4 nitrogen and oxygen atoms in total. The van der Waals surface area contributed by atoms with Crippen molar-refractivity contribution in [3.8, 4) is 11.5 Å². The number of benzene rings is 2. The largest absolute Gasteiger partial charge is 0.491 e. The van der Waals surface area contributed by atoms with E-state index in [1.807, 2.05) is 44.2 Å². The molecule has 2 aromatic carbocycles. The second-order valence-corrected chi connectivity index (χ2v) is 6.84. The molecule has 0 aromatic heterocycles. The average molecular weight is 351 g/mol. The van der Waals surface area contributed by atoms with Crippen LogP contribution < -0.4 is 9.47 Å². The third-order valence-electron chi connectivity index (χ3n) is 4.30. The second-order valence-electron chi connectivity index (χ2n) is 6.84. The van der Waals surface area contributed by atoms with E-state index in [4.69, 9.17) is 9.47 Å². The van der Waals surface area contributed by atoms with Crippen LogP contribution >= 0.6 is 0 Å². The molecule has 1 aliphatic rings. The van der Waals surface area contributed by atoms with E-state index < -0.39 is 0 Å². The van der Waals surface area contributed by atoms with Gasteiger partial charge in [-0.15, -0.1) is 0 Å². The van der Waals surface area contributed by atoms with E-state index >= 15 is 0 Å². The number of hydrogen-bond donors (Lipinski definition) is 0. The molecule has 26 heavy (non-hydrogen) atoms. The van der Waals surface area contributed by atoms with Crippen molar-refractivity contribution in [2.24, 2.45) is 5.92 Å². The zero-order valence-electron chi connectivity index (χ0n) is 15.5. The lowest BCUT2D eigenvalue weighted by Gasteiger charge is -2.30. The lowest BCUT2D eigenvalue weighted by molar-refractivity contribution is 0.152. The maximum atomic E-state index is 12.4. The van der Waals surface area contributed by atoms with E-state index in [9.17, 15) is 4.79 Å².